The smallest absolute Gasteiger partial charge is 0.191 e. The minimum absolute atomic E-state index is 0. The van der Waals surface area contributed by atoms with E-state index < -0.39 is 0 Å². The van der Waals surface area contributed by atoms with Crippen LogP contribution in [0.5, 0.6) is 0 Å². The molecular weight excluding hydrogens is 486 g/mol. The zero-order valence-corrected chi connectivity index (χ0v) is 19.7. The Morgan fingerprint density at radius 1 is 1.27 bits per heavy atom. The molecule has 1 heterocycles. The van der Waals surface area contributed by atoms with E-state index in [2.05, 4.69) is 41.5 Å². The molecule has 2 rings (SSSR count). The van der Waals surface area contributed by atoms with E-state index in [1.165, 1.54) is 0 Å². The molecule has 0 amide bonds. The van der Waals surface area contributed by atoms with Crippen LogP contribution in [0, 0.1) is 0 Å². The first-order chi connectivity index (χ1) is 11.9. The van der Waals surface area contributed by atoms with Gasteiger partial charge in [-0.25, -0.2) is 0 Å². The standard InChI is InChI=1S/C18H28Cl2N4O.HI/c1-13(14-5-6-15(19)16(20)11-14)23-17(21-2)22-12-18(24(3)4)7-9-25-10-8-18;/h5-6,11,13H,7-10,12H2,1-4H3,(H2,21,22,23);1H. The number of guanidine groups is 1. The van der Waals surface area contributed by atoms with Gasteiger partial charge in [0.1, 0.15) is 0 Å². The molecular formula is C18H29Cl2IN4O. The van der Waals surface area contributed by atoms with Crippen molar-refractivity contribution in [2.45, 2.75) is 31.3 Å². The van der Waals surface area contributed by atoms with Gasteiger partial charge in [-0.2, -0.15) is 0 Å². The average molecular weight is 515 g/mol. The third kappa shape index (κ3) is 6.12. The van der Waals surface area contributed by atoms with Crippen molar-refractivity contribution in [2.24, 2.45) is 4.99 Å². The molecule has 1 unspecified atom stereocenters. The number of hydrogen-bond acceptors (Lipinski definition) is 3. The van der Waals surface area contributed by atoms with Gasteiger partial charge in [0.05, 0.1) is 16.1 Å². The minimum Gasteiger partial charge on any atom is -0.381 e. The second kappa shape index (κ2) is 10.9. The van der Waals surface area contributed by atoms with Gasteiger partial charge in [0.25, 0.3) is 0 Å². The molecule has 1 saturated heterocycles. The molecule has 0 aliphatic carbocycles. The van der Waals surface area contributed by atoms with E-state index in [9.17, 15) is 0 Å². The third-order valence-corrected chi connectivity index (χ3v) is 5.72. The summed E-state index contributed by atoms with van der Waals surface area (Å²) in [7, 11) is 6.03. The highest BCUT2D eigenvalue weighted by atomic mass is 127. The summed E-state index contributed by atoms with van der Waals surface area (Å²) >= 11 is 12.1. The fraction of sp³-hybridized carbons (Fsp3) is 0.611. The largest absolute Gasteiger partial charge is 0.381 e. The molecule has 26 heavy (non-hydrogen) atoms. The Morgan fingerprint density at radius 3 is 2.46 bits per heavy atom. The normalized spacial score (nSPS) is 18.2. The number of rotatable bonds is 5. The van der Waals surface area contributed by atoms with Crippen LogP contribution in [0.25, 0.3) is 0 Å². The van der Waals surface area contributed by atoms with E-state index in [0.29, 0.717) is 10.0 Å². The van der Waals surface area contributed by atoms with Crippen LogP contribution in [-0.4, -0.2) is 57.3 Å². The monoisotopic (exact) mass is 514 g/mol. The van der Waals surface area contributed by atoms with Gasteiger partial charge in [-0.1, -0.05) is 29.3 Å². The van der Waals surface area contributed by atoms with E-state index in [-0.39, 0.29) is 35.6 Å². The first-order valence-corrected chi connectivity index (χ1v) is 9.31. The second-order valence-corrected chi connectivity index (χ2v) is 7.51. The number of halogens is 3. The fourth-order valence-corrected chi connectivity index (χ4v) is 3.35. The van der Waals surface area contributed by atoms with Crippen LogP contribution in [0.15, 0.2) is 23.2 Å². The molecule has 0 saturated carbocycles. The maximum absolute atomic E-state index is 6.12. The molecule has 1 aliphatic heterocycles. The highest BCUT2D eigenvalue weighted by Crippen LogP contribution is 2.26. The molecule has 0 bridgehead atoms. The lowest BCUT2D eigenvalue weighted by Crippen LogP contribution is -2.57. The molecule has 1 aromatic carbocycles. The van der Waals surface area contributed by atoms with E-state index in [1.54, 1.807) is 7.05 Å². The van der Waals surface area contributed by atoms with Gasteiger partial charge >= 0.3 is 0 Å². The van der Waals surface area contributed by atoms with Crippen molar-refractivity contribution >= 4 is 53.1 Å². The Kier molecular flexibility index (Phi) is 9.96. The quantitative estimate of drug-likeness (QED) is 0.355. The Balaban J connectivity index is 0.00000338. The van der Waals surface area contributed by atoms with Crippen LogP contribution in [0.3, 0.4) is 0 Å². The number of likely N-dealkylation sites (N-methyl/N-ethyl adjacent to an activating group) is 1. The Hall–Kier alpha value is -0.280. The second-order valence-electron chi connectivity index (χ2n) is 6.70. The van der Waals surface area contributed by atoms with Gasteiger partial charge in [0, 0.05) is 32.3 Å². The number of nitrogens with one attached hydrogen (secondary N) is 2. The van der Waals surface area contributed by atoms with E-state index in [0.717, 1.165) is 44.1 Å². The summed E-state index contributed by atoms with van der Waals surface area (Å²) in [5.41, 5.74) is 1.15. The Labute approximate surface area is 183 Å². The van der Waals surface area contributed by atoms with Crippen molar-refractivity contribution in [3.05, 3.63) is 33.8 Å². The fourth-order valence-electron chi connectivity index (χ4n) is 3.05. The van der Waals surface area contributed by atoms with Crippen LogP contribution in [-0.2, 0) is 4.74 Å². The predicted molar refractivity (Wildman–Crippen MR) is 121 cm³/mol. The highest BCUT2D eigenvalue weighted by molar-refractivity contribution is 14.0. The van der Waals surface area contributed by atoms with Crippen LogP contribution < -0.4 is 10.6 Å². The predicted octanol–water partition coefficient (Wildman–Crippen LogP) is 3.95. The maximum atomic E-state index is 6.12. The van der Waals surface area contributed by atoms with Crippen molar-refractivity contribution in [1.82, 2.24) is 15.5 Å². The van der Waals surface area contributed by atoms with Crippen molar-refractivity contribution in [3.63, 3.8) is 0 Å². The lowest BCUT2D eigenvalue weighted by Gasteiger charge is -2.43. The van der Waals surface area contributed by atoms with Crippen LogP contribution in [0.1, 0.15) is 31.4 Å². The summed E-state index contributed by atoms with van der Waals surface area (Å²) < 4.78 is 5.53. The molecule has 1 fully saturated rings. The first-order valence-electron chi connectivity index (χ1n) is 8.55. The Bertz CT molecular complexity index is 607. The van der Waals surface area contributed by atoms with Gasteiger partial charge in [0.2, 0.25) is 0 Å². The topological polar surface area (TPSA) is 48.9 Å². The number of ether oxygens (including phenoxy) is 1. The third-order valence-electron chi connectivity index (χ3n) is 4.98. The van der Waals surface area contributed by atoms with E-state index in [4.69, 9.17) is 27.9 Å². The van der Waals surface area contributed by atoms with E-state index in [1.807, 2.05) is 18.2 Å². The number of hydrogen-bond donors (Lipinski definition) is 2. The average Bonchev–Trinajstić information content (AvgIpc) is 2.61. The number of aliphatic imine (C=N–C) groups is 1. The van der Waals surface area contributed by atoms with E-state index >= 15 is 0 Å². The summed E-state index contributed by atoms with van der Waals surface area (Å²) in [6, 6.07) is 5.73. The molecule has 0 aromatic heterocycles. The zero-order valence-electron chi connectivity index (χ0n) is 15.8. The van der Waals surface area contributed by atoms with Gasteiger partial charge in [-0.15, -0.1) is 24.0 Å². The summed E-state index contributed by atoms with van der Waals surface area (Å²) in [6.45, 7) is 4.48. The SMILES string of the molecule is CN=C(NCC1(N(C)C)CCOCC1)NC(C)c1ccc(Cl)c(Cl)c1.I. The number of benzene rings is 1. The van der Waals surface area contributed by atoms with Crippen LogP contribution in [0.2, 0.25) is 10.0 Å². The minimum atomic E-state index is 0. The highest BCUT2D eigenvalue weighted by Gasteiger charge is 2.34. The summed E-state index contributed by atoms with van der Waals surface area (Å²) in [6.07, 6.45) is 2.01. The molecule has 0 spiro atoms. The molecule has 1 atom stereocenters. The lowest BCUT2D eigenvalue weighted by atomic mass is 9.88. The van der Waals surface area contributed by atoms with Gasteiger partial charge in [-0.05, 0) is 51.6 Å². The maximum Gasteiger partial charge on any atom is 0.191 e. The van der Waals surface area contributed by atoms with Crippen LogP contribution in [0.4, 0.5) is 0 Å². The Morgan fingerprint density at radius 2 is 1.92 bits per heavy atom. The molecule has 148 valence electrons. The molecule has 5 nitrogen and oxygen atoms in total. The molecule has 0 radical (unpaired) electrons. The van der Waals surface area contributed by atoms with Crippen molar-refractivity contribution in [3.8, 4) is 0 Å². The zero-order chi connectivity index (χ0) is 18.4. The summed E-state index contributed by atoms with van der Waals surface area (Å²) in [5, 5.41) is 8.01. The lowest BCUT2D eigenvalue weighted by molar-refractivity contribution is -0.00502. The first kappa shape index (κ1) is 23.8. The van der Waals surface area contributed by atoms with Crippen molar-refractivity contribution < 1.29 is 4.74 Å². The van der Waals surface area contributed by atoms with Gasteiger partial charge < -0.3 is 20.3 Å². The summed E-state index contributed by atoms with van der Waals surface area (Å²) in [5.74, 6) is 0.770. The van der Waals surface area contributed by atoms with Crippen molar-refractivity contribution in [1.29, 1.82) is 0 Å². The van der Waals surface area contributed by atoms with Crippen LogP contribution >= 0.6 is 47.2 Å². The molecule has 8 heteroatoms. The molecule has 1 aliphatic rings. The number of nitrogens with zero attached hydrogens (tertiary/aromatic N) is 2. The molecule has 2 N–H and O–H groups in total. The van der Waals surface area contributed by atoms with Crippen molar-refractivity contribution in [2.75, 3.05) is 40.9 Å². The van der Waals surface area contributed by atoms with Gasteiger partial charge in [-0.3, -0.25) is 4.99 Å². The summed E-state index contributed by atoms with van der Waals surface area (Å²) in [4.78, 5) is 6.64. The van der Waals surface area contributed by atoms with Gasteiger partial charge in [0.15, 0.2) is 5.96 Å². The molecule has 1 aromatic rings.